The topological polar surface area (TPSA) is 47.6 Å². The molecule has 0 radical (unpaired) electrons. The maximum absolute atomic E-state index is 11.7. The van der Waals surface area contributed by atoms with Crippen molar-refractivity contribution in [1.29, 1.82) is 0 Å². The second-order valence-corrected chi connectivity index (χ2v) is 5.45. The molecule has 4 nitrogen and oxygen atoms in total. The number of hydrogen-bond acceptors (Lipinski definition) is 3. The molecule has 1 aliphatic rings. The first-order valence-corrected chi connectivity index (χ1v) is 7.26. The van der Waals surface area contributed by atoms with Crippen molar-refractivity contribution >= 4 is 5.91 Å². The van der Waals surface area contributed by atoms with Gasteiger partial charge in [-0.25, -0.2) is 0 Å². The van der Waals surface area contributed by atoms with Gasteiger partial charge in [0.2, 0.25) is 0 Å². The van der Waals surface area contributed by atoms with Gasteiger partial charge in [0.1, 0.15) is 5.75 Å². The number of benzene rings is 1. The average molecular weight is 277 g/mol. The molecule has 4 heteroatoms. The summed E-state index contributed by atoms with van der Waals surface area (Å²) in [7, 11) is 0. The molecule has 0 aromatic heterocycles. The summed E-state index contributed by atoms with van der Waals surface area (Å²) in [6.07, 6.45) is 2.28. The summed E-state index contributed by atoms with van der Waals surface area (Å²) in [5, 5.41) is 2.84. The molecule has 1 saturated heterocycles. The smallest absolute Gasteiger partial charge is 0.258 e. The number of amides is 1. The normalized spacial score (nSPS) is 18.2. The van der Waals surface area contributed by atoms with Gasteiger partial charge in [0.15, 0.2) is 6.61 Å². The van der Waals surface area contributed by atoms with Gasteiger partial charge in [-0.1, -0.05) is 26.0 Å². The summed E-state index contributed by atoms with van der Waals surface area (Å²) in [6, 6.07) is 7.87. The fourth-order valence-corrected chi connectivity index (χ4v) is 2.18. The molecule has 20 heavy (non-hydrogen) atoms. The molecule has 1 N–H and O–H groups in total. The van der Waals surface area contributed by atoms with Gasteiger partial charge >= 0.3 is 0 Å². The van der Waals surface area contributed by atoms with E-state index in [4.69, 9.17) is 9.47 Å². The molecule has 1 aromatic rings. The molecular formula is C16H23NO3. The highest BCUT2D eigenvalue weighted by Gasteiger charge is 2.16. The second-order valence-electron chi connectivity index (χ2n) is 5.45. The quantitative estimate of drug-likeness (QED) is 0.869. The van der Waals surface area contributed by atoms with E-state index < -0.39 is 0 Å². The summed E-state index contributed by atoms with van der Waals surface area (Å²) in [5.41, 5.74) is 1.26. The van der Waals surface area contributed by atoms with Crippen molar-refractivity contribution < 1.29 is 14.3 Å². The monoisotopic (exact) mass is 277 g/mol. The van der Waals surface area contributed by atoms with E-state index >= 15 is 0 Å². The molecule has 1 fully saturated rings. The lowest BCUT2D eigenvalue weighted by Crippen LogP contribution is -2.35. The summed E-state index contributed by atoms with van der Waals surface area (Å²) in [6.45, 7) is 5.73. The minimum Gasteiger partial charge on any atom is -0.484 e. The van der Waals surface area contributed by atoms with Gasteiger partial charge in [-0.15, -0.1) is 0 Å². The van der Waals surface area contributed by atoms with Crippen LogP contribution >= 0.6 is 0 Å². The molecule has 1 aliphatic heterocycles. The van der Waals surface area contributed by atoms with Crippen molar-refractivity contribution in [2.75, 3.05) is 19.8 Å². The number of carbonyl (C=O) groups excluding carboxylic acids is 1. The van der Waals surface area contributed by atoms with Crippen LogP contribution in [-0.4, -0.2) is 31.8 Å². The second kappa shape index (κ2) is 7.29. The van der Waals surface area contributed by atoms with Crippen LogP contribution in [0, 0.1) is 0 Å². The van der Waals surface area contributed by atoms with Crippen molar-refractivity contribution in [2.24, 2.45) is 0 Å². The highest BCUT2D eigenvalue weighted by Crippen LogP contribution is 2.18. The lowest BCUT2D eigenvalue weighted by Gasteiger charge is -2.12. The lowest BCUT2D eigenvalue weighted by atomic mass is 10.0. The van der Waals surface area contributed by atoms with Crippen molar-refractivity contribution in [3.05, 3.63) is 29.8 Å². The number of hydrogen-bond donors (Lipinski definition) is 1. The first kappa shape index (κ1) is 14.9. The van der Waals surface area contributed by atoms with Crippen LogP contribution in [0.25, 0.3) is 0 Å². The predicted molar refractivity (Wildman–Crippen MR) is 78.0 cm³/mol. The molecule has 0 bridgehead atoms. The molecule has 0 spiro atoms. The number of carbonyl (C=O) groups is 1. The van der Waals surface area contributed by atoms with Gasteiger partial charge in [0.25, 0.3) is 5.91 Å². The van der Waals surface area contributed by atoms with E-state index in [1.807, 2.05) is 24.3 Å². The minimum absolute atomic E-state index is 0.0494. The van der Waals surface area contributed by atoms with Crippen LogP contribution in [0.1, 0.15) is 38.2 Å². The SMILES string of the molecule is CC(C)c1ccc(OCC(=O)NCC2CCCO2)cc1. The van der Waals surface area contributed by atoms with Crippen LogP contribution in [0.15, 0.2) is 24.3 Å². The third-order valence-electron chi connectivity index (χ3n) is 3.47. The van der Waals surface area contributed by atoms with Gasteiger partial charge in [0.05, 0.1) is 6.10 Å². The zero-order chi connectivity index (χ0) is 14.4. The van der Waals surface area contributed by atoms with Gasteiger partial charge in [-0.05, 0) is 36.5 Å². The Morgan fingerprint density at radius 1 is 1.40 bits per heavy atom. The van der Waals surface area contributed by atoms with Crippen LogP contribution < -0.4 is 10.1 Å². The molecule has 0 saturated carbocycles. The Bertz CT molecular complexity index is 422. The molecule has 2 rings (SSSR count). The first-order chi connectivity index (χ1) is 9.65. The average Bonchev–Trinajstić information content (AvgIpc) is 2.96. The summed E-state index contributed by atoms with van der Waals surface area (Å²) < 4.78 is 10.9. The standard InChI is InChI=1S/C16H23NO3/c1-12(2)13-5-7-14(8-6-13)20-11-16(18)17-10-15-4-3-9-19-15/h5-8,12,15H,3-4,9-11H2,1-2H3,(H,17,18). The number of nitrogens with one attached hydrogen (secondary N) is 1. The maximum atomic E-state index is 11.7. The van der Waals surface area contributed by atoms with Crippen molar-refractivity contribution in [3.63, 3.8) is 0 Å². The van der Waals surface area contributed by atoms with Crippen LogP contribution in [0.4, 0.5) is 0 Å². The zero-order valence-corrected chi connectivity index (χ0v) is 12.2. The van der Waals surface area contributed by atoms with Crippen molar-refractivity contribution in [3.8, 4) is 5.75 Å². The molecule has 1 atom stereocenters. The van der Waals surface area contributed by atoms with Crippen LogP contribution in [0.2, 0.25) is 0 Å². The van der Waals surface area contributed by atoms with E-state index in [9.17, 15) is 4.79 Å². The summed E-state index contributed by atoms with van der Waals surface area (Å²) in [4.78, 5) is 11.7. The van der Waals surface area contributed by atoms with E-state index in [1.165, 1.54) is 5.56 Å². The fraction of sp³-hybridized carbons (Fsp3) is 0.562. The number of rotatable bonds is 6. The van der Waals surface area contributed by atoms with E-state index in [2.05, 4.69) is 19.2 Å². The van der Waals surface area contributed by atoms with Gasteiger partial charge < -0.3 is 14.8 Å². The van der Waals surface area contributed by atoms with Crippen LogP contribution in [0.3, 0.4) is 0 Å². The molecule has 1 amide bonds. The Morgan fingerprint density at radius 2 is 2.15 bits per heavy atom. The zero-order valence-electron chi connectivity index (χ0n) is 12.2. The third-order valence-corrected chi connectivity index (χ3v) is 3.47. The largest absolute Gasteiger partial charge is 0.484 e. The van der Waals surface area contributed by atoms with Crippen LogP contribution in [0.5, 0.6) is 5.75 Å². The van der Waals surface area contributed by atoms with Crippen LogP contribution in [-0.2, 0) is 9.53 Å². The third kappa shape index (κ3) is 4.53. The van der Waals surface area contributed by atoms with Crippen molar-refractivity contribution in [1.82, 2.24) is 5.32 Å². The molecule has 1 unspecified atom stereocenters. The molecular weight excluding hydrogens is 254 g/mol. The number of ether oxygens (including phenoxy) is 2. The van der Waals surface area contributed by atoms with E-state index in [-0.39, 0.29) is 18.6 Å². The maximum Gasteiger partial charge on any atom is 0.258 e. The molecule has 110 valence electrons. The highest BCUT2D eigenvalue weighted by molar-refractivity contribution is 5.77. The van der Waals surface area contributed by atoms with E-state index in [0.29, 0.717) is 12.5 Å². The molecule has 0 aliphatic carbocycles. The van der Waals surface area contributed by atoms with Crippen molar-refractivity contribution in [2.45, 2.75) is 38.7 Å². The van der Waals surface area contributed by atoms with Gasteiger partial charge in [-0.2, -0.15) is 0 Å². The fourth-order valence-electron chi connectivity index (χ4n) is 2.18. The summed E-state index contributed by atoms with van der Waals surface area (Å²) >= 11 is 0. The highest BCUT2D eigenvalue weighted by atomic mass is 16.5. The molecule has 1 aromatic carbocycles. The first-order valence-electron chi connectivity index (χ1n) is 7.26. The van der Waals surface area contributed by atoms with E-state index in [0.717, 1.165) is 25.2 Å². The van der Waals surface area contributed by atoms with Gasteiger partial charge in [0, 0.05) is 13.2 Å². The Hall–Kier alpha value is -1.55. The predicted octanol–water partition coefficient (Wildman–Crippen LogP) is 2.48. The lowest BCUT2D eigenvalue weighted by molar-refractivity contribution is -0.123. The minimum atomic E-state index is -0.103. The Kier molecular flexibility index (Phi) is 5.41. The van der Waals surface area contributed by atoms with E-state index in [1.54, 1.807) is 0 Å². The Balaban J connectivity index is 1.69. The Labute approximate surface area is 120 Å². The van der Waals surface area contributed by atoms with Gasteiger partial charge in [-0.3, -0.25) is 4.79 Å². The Morgan fingerprint density at radius 3 is 2.75 bits per heavy atom. The molecule has 1 heterocycles. The summed E-state index contributed by atoms with van der Waals surface area (Å²) in [5.74, 6) is 1.12.